The van der Waals surface area contributed by atoms with Gasteiger partial charge in [0, 0.05) is 106 Å². The molecule has 3 N–H and O–H groups in total. The number of rotatable bonds is 9. The normalized spacial score (nSPS) is 38.3. The maximum Gasteiger partial charge on any atom is 0.302 e. The van der Waals surface area contributed by atoms with Gasteiger partial charge in [0.15, 0.2) is 0 Å². The fraction of sp³-hybridized carbons (Fsp3) is 0.500. The fourth-order valence-corrected chi connectivity index (χ4v) is 6.54. The Bertz CT molecular complexity index is 4490. The zero-order valence-corrected chi connectivity index (χ0v) is 36.2. The van der Waals surface area contributed by atoms with Gasteiger partial charge in [0.25, 0.3) is 19.5 Å². The quantitative estimate of drug-likeness (QED) is 0.169. The molecule has 69 heavy (non-hydrogen) atoms. The Kier molecular flexibility index (Phi) is 6.85. The number of aromatic amines is 3. The number of anilines is 3. The highest BCUT2D eigenvalue weighted by Gasteiger charge is 2.36. The van der Waals surface area contributed by atoms with Gasteiger partial charge in [-0.05, 0) is 55.0 Å². The highest BCUT2D eigenvalue weighted by atomic mass is 16.2. The minimum absolute atomic E-state index is 0.0632. The van der Waals surface area contributed by atoms with E-state index < -0.39 is 169 Å². The molecule has 6 atom stereocenters. The standard InChI is InChI=1S/3C16H20N6O/c3*1-11-5-7-22(14(23)8-17-2)9-13(11)21(3)16-12-4-6-18-15(12)19-10-20-16/h3*4,6,10-11,13H,5,7-9H2,1,3H3,(H,18,19,20)/t3*11-,13+/m111/s1/i1D3,5D2,7D2,8D2,9D2,10D,11D;5D2,7D2,8D2,9D2,10D,11D;1D3,5D2,7D2,8D2,9D2,10D. The van der Waals surface area contributed by atoms with E-state index in [-0.39, 0.29) is 55.0 Å². The van der Waals surface area contributed by atoms with Gasteiger partial charge in [-0.15, -0.1) is 0 Å². The Labute approximate surface area is 451 Å². The van der Waals surface area contributed by atoms with Crippen LogP contribution in [0.15, 0.2) is 55.7 Å². The van der Waals surface area contributed by atoms with E-state index in [9.17, 15) is 14.4 Å². The van der Waals surface area contributed by atoms with Crippen LogP contribution in [0, 0.1) is 37.4 Å². The Balaban J connectivity index is 0.000000218. The monoisotopic (exact) mass is 972 g/mol. The molecule has 0 spiro atoms. The van der Waals surface area contributed by atoms with E-state index in [0.717, 1.165) is 30.8 Å². The van der Waals surface area contributed by atoms with Crippen LogP contribution in [0.25, 0.3) is 47.6 Å². The van der Waals surface area contributed by atoms with Crippen LogP contribution >= 0.6 is 0 Å². The molecule has 0 radical (unpaired) electrons. The van der Waals surface area contributed by atoms with E-state index >= 15 is 0 Å². The van der Waals surface area contributed by atoms with Gasteiger partial charge in [-0.2, -0.15) is 0 Å². The van der Waals surface area contributed by atoms with Gasteiger partial charge in [-0.3, -0.25) is 14.4 Å². The van der Waals surface area contributed by atoms with Crippen LogP contribution in [0.4, 0.5) is 17.5 Å². The molecular weight excluding hydrogens is 877 g/mol. The summed E-state index contributed by atoms with van der Waals surface area (Å²) in [6.07, 6.45) is -7.92. The van der Waals surface area contributed by atoms with Crippen molar-refractivity contribution in [1.82, 2.24) is 59.6 Å². The second kappa shape index (κ2) is 22.3. The topological polar surface area (TPSA) is 208 Å². The van der Waals surface area contributed by atoms with E-state index in [1.165, 1.54) is 43.8 Å². The maximum absolute atomic E-state index is 13.0. The lowest BCUT2D eigenvalue weighted by Gasteiger charge is -2.41. The van der Waals surface area contributed by atoms with Crippen molar-refractivity contribution in [2.45, 2.75) is 57.9 Å². The number of likely N-dealkylation sites (tertiary alicyclic amines) is 3. The average molecular weight is 972 g/mol. The number of carbonyl (C=O) groups is 3. The maximum atomic E-state index is 13.0. The van der Waals surface area contributed by atoms with Gasteiger partial charge in [-0.1, -0.05) is 20.6 Å². The van der Waals surface area contributed by atoms with Crippen LogP contribution < -0.4 is 14.7 Å². The smallest absolute Gasteiger partial charge is 0.302 e. The number of amides is 3. The first-order valence-electron chi connectivity index (χ1n) is 37.0. The first kappa shape index (κ1) is 21.2. The first-order chi connectivity index (χ1) is 46.7. The number of aromatic nitrogens is 9. The molecule has 21 nitrogen and oxygen atoms in total. The van der Waals surface area contributed by atoms with Crippen LogP contribution in [0.1, 0.15) is 87.7 Å². The van der Waals surface area contributed by atoms with Crippen molar-refractivity contribution in [3.63, 3.8) is 0 Å². The lowest BCUT2D eigenvalue weighted by atomic mass is 9.92. The Hall–Kier alpha value is -7.86. The number of hydrogen-bond donors (Lipinski definition) is 3. The van der Waals surface area contributed by atoms with E-state index in [2.05, 4.69) is 59.4 Å². The Morgan fingerprint density at radius 2 is 1.00 bits per heavy atom. The lowest BCUT2D eigenvalue weighted by molar-refractivity contribution is -0.131. The summed E-state index contributed by atoms with van der Waals surface area (Å²) in [5.74, 6) is -15.3. The van der Waals surface area contributed by atoms with Gasteiger partial charge in [0.2, 0.25) is 0 Å². The van der Waals surface area contributed by atoms with Crippen LogP contribution in [0.2, 0.25) is 0 Å². The summed E-state index contributed by atoms with van der Waals surface area (Å²) in [5.41, 5.74) is 0.396. The molecule has 3 fully saturated rings. The zero-order valence-electron chi connectivity index (χ0n) is 71.2. The molecule has 3 amide bonds. The van der Waals surface area contributed by atoms with Crippen molar-refractivity contribution in [2.24, 2.45) is 17.7 Å². The van der Waals surface area contributed by atoms with Crippen LogP contribution in [0.3, 0.4) is 0 Å². The van der Waals surface area contributed by atoms with Crippen molar-refractivity contribution < 1.29 is 62.4 Å². The SMILES string of the molecule is [2H]c1nc(N(C)[C@@H]2[C@H](C([2H])([2H])[2H])C([2H])([2H])C([2H])([2H])N(C(=O)C([2H])([2H])[N+]#[C-])C2([2H])[2H])c2cc[nH]c2n1.[2H]c1nc(N(C)[C@H]2C([2H])([2H])N(C(=O)C([2H])([2H])[N+]#[C-])C([2H])([2H])C([2H])([2H])[C@@]2([2H])C([2H])([2H])[2H])c2cc[nH]c2n1.[2H]c1nc(N(C)[C@H]2C([2H])([2H])N(C(=O)C([2H])([2H])[N+]#[C-])C([2H])([2H])C([2H])([2H])[C@@]2([2H])C)c2cc[nH]c2n1. The molecule has 0 aromatic carbocycles. The van der Waals surface area contributed by atoms with Gasteiger partial charge in [0.1, 0.15) is 65.6 Å². The summed E-state index contributed by atoms with van der Waals surface area (Å²) in [6, 6.07) is -2.36. The van der Waals surface area contributed by atoms with Crippen molar-refractivity contribution in [3.8, 4) is 0 Å². The lowest BCUT2D eigenvalue weighted by Crippen LogP contribution is -2.53. The molecule has 9 rings (SSSR count). The van der Waals surface area contributed by atoms with Gasteiger partial charge < -0.3 is 58.9 Å². The predicted molar refractivity (Wildman–Crippen MR) is 264 cm³/mol. The van der Waals surface area contributed by atoms with E-state index in [1.807, 2.05) is 0 Å². The Morgan fingerprint density at radius 1 is 0.638 bits per heavy atom. The fourth-order valence-electron chi connectivity index (χ4n) is 6.54. The summed E-state index contributed by atoms with van der Waals surface area (Å²) in [6.45, 7) is -16.9. The van der Waals surface area contributed by atoms with Gasteiger partial charge >= 0.3 is 17.7 Å². The second-order valence-corrected chi connectivity index (χ2v) is 14.0. The van der Waals surface area contributed by atoms with Crippen molar-refractivity contribution >= 4 is 68.3 Å². The van der Waals surface area contributed by atoms with Crippen LogP contribution in [-0.2, 0) is 14.4 Å². The third kappa shape index (κ3) is 11.0. The predicted octanol–water partition coefficient (Wildman–Crippen LogP) is 4.65. The summed E-state index contributed by atoms with van der Waals surface area (Å²) >= 11 is 0. The third-order valence-electron chi connectivity index (χ3n) is 9.87. The molecule has 3 aliphatic heterocycles. The second-order valence-electron chi connectivity index (χ2n) is 14.0. The molecule has 6 aromatic rings. The molecule has 0 bridgehead atoms. The molecule has 0 saturated carbocycles. The van der Waals surface area contributed by atoms with Crippen molar-refractivity contribution in [3.05, 3.63) is 90.0 Å². The number of fused-ring (bicyclic) bond motifs is 3. The largest absolute Gasteiger partial charge is 0.354 e. The van der Waals surface area contributed by atoms with Crippen LogP contribution in [0.5, 0.6) is 0 Å². The molecule has 0 aliphatic carbocycles. The molecule has 6 aromatic heterocycles. The number of piperidine rings is 3. The van der Waals surface area contributed by atoms with Gasteiger partial charge in [-0.25, -0.2) is 49.6 Å². The number of carbonyl (C=O) groups excluding carboxylic acids is 3. The number of likely N-dealkylation sites (N-methyl/N-ethyl adjacent to an activating group) is 3. The third-order valence-corrected chi connectivity index (χ3v) is 9.87. The molecule has 3 saturated heterocycles. The molecule has 360 valence electrons. The molecule has 3 aliphatic rings. The number of H-pyrrole nitrogens is 3. The van der Waals surface area contributed by atoms with Gasteiger partial charge in [0.05, 0.1) is 42.5 Å². The first-order valence-corrected chi connectivity index (χ1v) is 19.5. The molecule has 9 heterocycles. The number of hydrogen-bond acceptors (Lipinski definition) is 12. The minimum Gasteiger partial charge on any atom is -0.354 e. The summed E-state index contributed by atoms with van der Waals surface area (Å²) in [5, 5.41) is 0.608. The summed E-state index contributed by atoms with van der Waals surface area (Å²) in [7, 11) is 3.40. The van der Waals surface area contributed by atoms with E-state index in [0.29, 0.717) is 10.3 Å². The van der Waals surface area contributed by atoms with E-state index in [1.54, 1.807) is 0 Å². The highest BCUT2D eigenvalue weighted by molar-refractivity contribution is 5.89. The van der Waals surface area contributed by atoms with Crippen molar-refractivity contribution in [1.29, 1.82) is 0 Å². The summed E-state index contributed by atoms with van der Waals surface area (Å²) < 4.78 is 287. The molecule has 0 unspecified atom stereocenters. The zero-order chi connectivity index (χ0) is 80.2. The Morgan fingerprint density at radius 3 is 1.39 bits per heavy atom. The highest BCUT2D eigenvalue weighted by Crippen LogP contribution is 2.31. The number of nitrogens with one attached hydrogen (secondary N) is 3. The van der Waals surface area contributed by atoms with E-state index in [4.69, 9.17) is 67.7 Å². The average Bonchev–Trinajstić information content (AvgIpc) is 0.854. The van der Waals surface area contributed by atoms with Crippen LogP contribution in [-0.4, -0.2) is 175 Å². The molecular formula is C48H60N18O3. The minimum atomic E-state index is -3.91. The van der Waals surface area contributed by atoms with Crippen molar-refractivity contribution in [2.75, 3.05) is 94.3 Å². The summed E-state index contributed by atoms with van der Waals surface area (Å²) in [4.78, 5) is 79.2. The number of nitrogens with zero attached hydrogens (tertiary/aromatic N) is 15. The molecule has 21 heteroatoms.